The summed E-state index contributed by atoms with van der Waals surface area (Å²) in [6, 6.07) is 3.95. The maximum Gasteiger partial charge on any atom is 0.256 e. The number of amides is 1. The van der Waals surface area contributed by atoms with E-state index in [1.54, 1.807) is 6.20 Å². The number of carbonyl (C=O) groups excluding carboxylic acids is 1. The number of aromatic amines is 1. The number of carbonyl (C=O) groups is 1. The van der Waals surface area contributed by atoms with E-state index in [0.29, 0.717) is 18.5 Å². The number of likely N-dealkylation sites (tertiary alicyclic amines) is 1. The van der Waals surface area contributed by atoms with Gasteiger partial charge in [0.15, 0.2) is 0 Å². The SMILES string of the molecule is Cc1cc(C(=O)N2CCC(O)C23CCCC3)c2[nH]ncc2c1. The molecule has 0 radical (unpaired) electrons. The van der Waals surface area contributed by atoms with E-state index < -0.39 is 0 Å². The van der Waals surface area contributed by atoms with Crippen LogP contribution in [0.15, 0.2) is 18.3 Å². The Kier molecular flexibility index (Phi) is 3.01. The van der Waals surface area contributed by atoms with Gasteiger partial charge in [0, 0.05) is 11.9 Å². The van der Waals surface area contributed by atoms with Gasteiger partial charge < -0.3 is 10.0 Å². The lowest BCUT2D eigenvalue weighted by Crippen LogP contribution is -2.50. The number of aromatic nitrogens is 2. The first-order valence-corrected chi connectivity index (χ1v) is 8.05. The molecule has 5 heteroatoms. The molecule has 2 fully saturated rings. The summed E-state index contributed by atoms with van der Waals surface area (Å²) in [6.07, 6.45) is 6.06. The molecule has 1 atom stereocenters. The second-order valence-corrected chi connectivity index (χ2v) is 6.72. The van der Waals surface area contributed by atoms with E-state index in [2.05, 4.69) is 10.2 Å². The Morgan fingerprint density at radius 2 is 2.18 bits per heavy atom. The Morgan fingerprint density at radius 1 is 1.41 bits per heavy atom. The molecule has 5 nitrogen and oxygen atoms in total. The summed E-state index contributed by atoms with van der Waals surface area (Å²) < 4.78 is 0. The van der Waals surface area contributed by atoms with Gasteiger partial charge in [-0.15, -0.1) is 0 Å². The molecule has 1 aliphatic heterocycles. The second kappa shape index (κ2) is 4.81. The van der Waals surface area contributed by atoms with Crippen LogP contribution in [-0.4, -0.2) is 44.3 Å². The van der Waals surface area contributed by atoms with Gasteiger partial charge in [0.25, 0.3) is 5.91 Å². The molecule has 4 rings (SSSR count). The molecule has 1 unspecified atom stereocenters. The van der Waals surface area contributed by atoms with Crippen LogP contribution in [0.3, 0.4) is 0 Å². The number of fused-ring (bicyclic) bond motifs is 1. The third-order valence-electron chi connectivity index (χ3n) is 5.42. The summed E-state index contributed by atoms with van der Waals surface area (Å²) in [6.45, 7) is 2.64. The number of aliphatic hydroxyl groups is 1. The summed E-state index contributed by atoms with van der Waals surface area (Å²) in [7, 11) is 0. The van der Waals surface area contributed by atoms with Crippen molar-refractivity contribution in [1.82, 2.24) is 15.1 Å². The lowest BCUT2D eigenvalue weighted by Gasteiger charge is -2.37. The van der Waals surface area contributed by atoms with Crippen molar-refractivity contribution in [3.8, 4) is 0 Å². The van der Waals surface area contributed by atoms with Crippen LogP contribution in [0.1, 0.15) is 48.0 Å². The lowest BCUT2D eigenvalue weighted by atomic mass is 9.90. The van der Waals surface area contributed by atoms with Gasteiger partial charge in [-0.2, -0.15) is 5.10 Å². The average molecular weight is 299 g/mol. The molecule has 2 heterocycles. The van der Waals surface area contributed by atoms with Gasteiger partial charge >= 0.3 is 0 Å². The van der Waals surface area contributed by atoms with Crippen LogP contribution in [0.2, 0.25) is 0 Å². The van der Waals surface area contributed by atoms with E-state index in [0.717, 1.165) is 42.1 Å². The molecule has 1 saturated heterocycles. The van der Waals surface area contributed by atoms with E-state index in [4.69, 9.17) is 0 Å². The Morgan fingerprint density at radius 3 is 2.95 bits per heavy atom. The first-order chi connectivity index (χ1) is 10.6. The van der Waals surface area contributed by atoms with E-state index in [-0.39, 0.29) is 17.6 Å². The van der Waals surface area contributed by atoms with Gasteiger partial charge in [0.2, 0.25) is 0 Å². The zero-order chi connectivity index (χ0) is 15.3. The Bertz CT molecular complexity index is 731. The van der Waals surface area contributed by atoms with Crippen molar-refractivity contribution in [3.05, 3.63) is 29.5 Å². The molecule has 116 valence electrons. The zero-order valence-corrected chi connectivity index (χ0v) is 12.8. The van der Waals surface area contributed by atoms with Crippen LogP contribution in [-0.2, 0) is 0 Å². The highest BCUT2D eigenvalue weighted by Crippen LogP contribution is 2.44. The number of hydrogen-bond acceptors (Lipinski definition) is 3. The Hall–Kier alpha value is -1.88. The molecule has 1 aromatic heterocycles. The fraction of sp³-hybridized carbons (Fsp3) is 0.529. The standard InChI is InChI=1S/C17H21N3O2/c1-11-8-12-10-18-19-15(12)13(9-11)16(22)20-7-4-14(21)17(20)5-2-3-6-17/h8-10,14,21H,2-7H2,1H3,(H,18,19). The molecule has 1 aromatic carbocycles. The number of nitrogens with one attached hydrogen (secondary N) is 1. The van der Waals surface area contributed by atoms with Crippen molar-refractivity contribution in [2.24, 2.45) is 0 Å². The molecular formula is C17H21N3O2. The normalized spacial score (nSPS) is 23.7. The summed E-state index contributed by atoms with van der Waals surface area (Å²) in [5.74, 6) is 0.0244. The van der Waals surface area contributed by atoms with Crippen LogP contribution < -0.4 is 0 Å². The summed E-state index contributed by atoms with van der Waals surface area (Å²) >= 11 is 0. The minimum absolute atomic E-state index is 0.0244. The first-order valence-electron chi connectivity index (χ1n) is 8.05. The van der Waals surface area contributed by atoms with Crippen molar-refractivity contribution in [1.29, 1.82) is 0 Å². The third kappa shape index (κ3) is 1.81. The van der Waals surface area contributed by atoms with E-state index in [9.17, 15) is 9.90 Å². The van der Waals surface area contributed by atoms with Crippen molar-refractivity contribution in [3.63, 3.8) is 0 Å². The number of benzene rings is 1. The monoisotopic (exact) mass is 299 g/mol. The maximum atomic E-state index is 13.2. The minimum Gasteiger partial charge on any atom is -0.391 e. The van der Waals surface area contributed by atoms with Crippen molar-refractivity contribution in [2.75, 3.05) is 6.54 Å². The molecular weight excluding hydrogens is 278 g/mol. The number of aliphatic hydroxyl groups excluding tert-OH is 1. The van der Waals surface area contributed by atoms with Crippen LogP contribution in [0.4, 0.5) is 0 Å². The number of hydrogen-bond donors (Lipinski definition) is 2. The quantitative estimate of drug-likeness (QED) is 0.849. The van der Waals surface area contributed by atoms with Gasteiger partial charge in [0.1, 0.15) is 0 Å². The van der Waals surface area contributed by atoms with Crippen LogP contribution in [0, 0.1) is 6.92 Å². The van der Waals surface area contributed by atoms with Gasteiger partial charge in [-0.3, -0.25) is 9.89 Å². The average Bonchev–Trinajstić information content (AvgIpc) is 3.20. The smallest absolute Gasteiger partial charge is 0.256 e. The molecule has 2 aromatic rings. The topological polar surface area (TPSA) is 69.2 Å². The molecule has 1 spiro atoms. The first kappa shape index (κ1) is 13.8. The van der Waals surface area contributed by atoms with Gasteiger partial charge in [-0.25, -0.2) is 0 Å². The minimum atomic E-state index is -0.388. The molecule has 2 N–H and O–H groups in total. The number of rotatable bonds is 1. The lowest BCUT2D eigenvalue weighted by molar-refractivity contribution is 0.0262. The zero-order valence-electron chi connectivity index (χ0n) is 12.8. The van der Waals surface area contributed by atoms with Crippen molar-refractivity contribution < 1.29 is 9.90 Å². The molecule has 1 saturated carbocycles. The predicted molar refractivity (Wildman–Crippen MR) is 83.7 cm³/mol. The number of nitrogens with zero attached hydrogens (tertiary/aromatic N) is 2. The summed E-state index contributed by atoms with van der Waals surface area (Å²) in [4.78, 5) is 15.1. The fourth-order valence-electron chi connectivity index (χ4n) is 4.34. The summed E-state index contributed by atoms with van der Waals surface area (Å²) in [5.41, 5.74) is 2.18. The second-order valence-electron chi connectivity index (χ2n) is 6.72. The molecule has 1 amide bonds. The van der Waals surface area contributed by atoms with Gasteiger partial charge in [-0.05, 0) is 43.9 Å². The predicted octanol–water partition coefficient (Wildman–Crippen LogP) is 2.39. The van der Waals surface area contributed by atoms with E-state index >= 15 is 0 Å². The Labute approximate surface area is 129 Å². The van der Waals surface area contributed by atoms with Crippen molar-refractivity contribution in [2.45, 2.75) is 50.7 Å². The van der Waals surface area contributed by atoms with Gasteiger partial charge in [-0.1, -0.05) is 12.8 Å². The van der Waals surface area contributed by atoms with E-state index in [1.165, 1.54) is 0 Å². The molecule has 2 aliphatic rings. The van der Waals surface area contributed by atoms with Crippen molar-refractivity contribution >= 4 is 16.8 Å². The molecule has 0 bridgehead atoms. The molecule has 22 heavy (non-hydrogen) atoms. The fourth-order valence-corrected chi connectivity index (χ4v) is 4.34. The Balaban J connectivity index is 1.79. The van der Waals surface area contributed by atoms with Crippen LogP contribution in [0.25, 0.3) is 10.9 Å². The van der Waals surface area contributed by atoms with E-state index in [1.807, 2.05) is 24.0 Å². The molecule has 1 aliphatic carbocycles. The summed E-state index contributed by atoms with van der Waals surface area (Å²) in [5, 5.41) is 18.4. The maximum absolute atomic E-state index is 13.2. The van der Waals surface area contributed by atoms with Crippen LogP contribution >= 0.6 is 0 Å². The highest BCUT2D eigenvalue weighted by molar-refractivity contribution is 6.06. The largest absolute Gasteiger partial charge is 0.391 e. The number of aryl methyl sites for hydroxylation is 1. The highest BCUT2D eigenvalue weighted by atomic mass is 16.3. The van der Waals surface area contributed by atoms with Crippen LogP contribution in [0.5, 0.6) is 0 Å². The number of H-pyrrole nitrogens is 1. The third-order valence-corrected chi connectivity index (χ3v) is 5.42. The van der Waals surface area contributed by atoms with Gasteiger partial charge in [0.05, 0.1) is 28.9 Å². The highest BCUT2D eigenvalue weighted by Gasteiger charge is 2.51.